The quantitative estimate of drug-likeness (QED) is 0.644. The Morgan fingerprint density at radius 1 is 1.31 bits per heavy atom. The van der Waals surface area contributed by atoms with Crippen molar-refractivity contribution in [2.75, 3.05) is 13.7 Å². The maximum absolute atomic E-state index is 12.2. The van der Waals surface area contributed by atoms with Crippen LogP contribution in [0.15, 0.2) is 0 Å². The Morgan fingerprint density at radius 2 is 1.94 bits per heavy atom. The largest absolute Gasteiger partial charge is 0.471 e. The molecule has 1 aliphatic heterocycles. The van der Waals surface area contributed by atoms with E-state index in [2.05, 4.69) is 4.74 Å². The molecule has 0 radical (unpaired) electrons. The Labute approximate surface area is 90.3 Å². The highest BCUT2D eigenvalue weighted by molar-refractivity contribution is 5.87. The predicted octanol–water partition coefficient (Wildman–Crippen LogP) is 1.10. The minimum atomic E-state index is -4.94. The van der Waals surface area contributed by atoms with Crippen LogP contribution in [0.5, 0.6) is 0 Å². The zero-order chi connectivity index (χ0) is 12.3. The summed E-state index contributed by atoms with van der Waals surface area (Å²) >= 11 is 0. The zero-order valence-corrected chi connectivity index (χ0v) is 8.71. The topological polar surface area (TPSA) is 46.6 Å². The second-order valence-electron chi connectivity index (χ2n) is 3.53. The fourth-order valence-corrected chi connectivity index (χ4v) is 1.72. The summed E-state index contributed by atoms with van der Waals surface area (Å²) in [7, 11) is 1.09. The first-order valence-corrected chi connectivity index (χ1v) is 4.83. The van der Waals surface area contributed by atoms with Crippen molar-refractivity contribution >= 4 is 11.9 Å². The van der Waals surface area contributed by atoms with Crippen molar-refractivity contribution in [1.29, 1.82) is 0 Å². The number of hydrogen-bond donors (Lipinski definition) is 0. The summed E-state index contributed by atoms with van der Waals surface area (Å²) in [5.41, 5.74) is 0. The number of nitrogens with zero attached hydrogens (tertiary/aromatic N) is 1. The molecule has 1 saturated heterocycles. The van der Waals surface area contributed by atoms with Gasteiger partial charge in [-0.3, -0.25) is 4.79 Å². The summed E-state index contributed by atoms with van der Waals surface area (Å²) in [6, 6.07) is -1.10. The molecule has 0 bridgehead atoms. The third kappa shape index (κ3) is 2.65. The summed E-state index contributed by atoms with van der Waals surface area (Å²) in [5.74, 6) is -2.76. The van der Waals surface area contributed by atoms with E-state index in [9.17, 15) is 22.8 Å². The van der Waals surface area contributed by atoms with Gasteiger partial charge in [-0.05, 0) is 19.3 Å². The van der Waals surface area contributed by atoms with Gasteiger partial charge < -0.3 is 9.64 Å². The zero-order valence-electron chi connectivity index (χ0n) is 8.71. The molecule has 1 aliphatic rings. The molecule has 0 unspecified atom stereocenters. The number of methoxy groups -OCH3 is 1. The van der Waals surface area contributed by atoms with Gasteiger partial charge in [0.05, 0.1) is 7.11 Å². The van der Waals surface area contributed by atoms with E-state index in [1.165, 1.54) is 0 Å². The Kier molecular flexibility index (Phi) is 3.77. The molecule has 1 atom stereocenters. The van der Waals surface area contributed by atoms with Crippen molar-refractivity contribution in [3.8, 4) is 0 Å². The molecule has 7 heteroatoms. The number of rotatable bonds is 1. The van der Waals surface area contributed by atoms with Gasteiger partial charge in [-0.2, -0.15) is 13.2 Å². The monoisotopic (exact) mass is 239 g/mol. The van der Waals surface area contributed by atoms with Crippen LogP contribution >= 0.6 is 0 Å². The molecule has 1 fully saturated rings. The minimum Gasteiger partial charge on any atom is -0.467 e. The molecular formula is C9H12F3NO3. The van der Waals surface area contributed by atoms with Crippen LogP contribution in [0.25, 0.3) is 0 Å². The average Bonchev–Trinajstić information content (AvgIpc) is 2.25. The fourth-order valence-electron chi connectivity index (χ4n) is 1.72. The molecule has 1 rings (SSSR count). The number of carbonyl (C=O) groups excluding carboxylic acids is 2. The molecule has 0 N–H and O–H groups in total. The number of halogens is 3. The highest BCUT2D eigenvalue weighted by Gasteiger charge is 2.46. The number of esters is 1. The highest BCUT2D eigenvalue weighted by Crippen LogP contribution is 2.25. The van der Waals surface area contributed by atoms with E-state index in [4.69, 9.17) is 0 Å². The van der Waals surface area contributed by atoms with E-state index in [1.807, 2.05) is 0 Å². The molecule has 0 aromatic heterocycles. The number of likely N-dealkylation sites (tertiary alicyclic amines) is 1. The number of ether oxygens (including phenoxy) is 1. The van der Waals surface area contributed by atoms with Gasteiger partial charge in [-0.25, -0.2) is 4.79 Å². The van der Waals surface area contributed by atoms with Crippen molar-refractivity contribution in [2.45, 2.75) is 31.5 Å². The van der Waals surface area contributed by atoms with E-state index in [0.29, 0.717) is 17.7 Å². The van der Waals surface area contributed by atoms with E-state index in [-0.39, 0.29) is 13.0 Å². The van der Waals surface area contributed by atoms with Gasteiger partial charge in [0.15, 0.2) is 0 Å². The third-order valence-corrected chi connectivity index (χ3v) is 2.48. The predicted molar refractivity (Wildman–Crippen MR) is 47.4 cm³/mol. The van der Waals surface area contributed by atoms with Crippen molar-refractivity contribution in [2.24, 2.45) is 0 Å². The molecule has 0 aromatic carbocycles. The standard InChI is InChI=1S/C9H12F3NO3/c1-16-7(14)6-4-2-3-5-13(6)8(15)9(10,11)12/h6H,2-5H2,1H3/t6-/m1/s1. The third-order valence-electron chi connectivity index (χ3n) is 2.48. The fraction of sp³-hybridized carbons (Fsp3) is 0.778. The molecule has 16 heavy (non-hydrogen) atoms. The van der Waals surface area contributed by atoms with Crippen molar-refractivity contribution in [3.63, 3.8) is 0 Å². The first-order chi connectivity index (χ1) is 7.38. The van der Waals surface area contributed by atoms with Crippen LogP contribution in [0.3, 0.4) is 0 Å². The Bertz CT molecular complexity index is 290. The second kappa shape index (κ2) is 4.71. The molecule has 92 valence electrons. The summed E-state index contributed by atoms with van der Waals surface area (Å²) in [4.78, 5) is 22.8. The Morgan fingerprint density at radius 3 is 2.44 bits per heavy atom. The summed E-state index contributed by atoms with van der Waals surface area (Å²) < 4.78 is 41.1. The van der Waals surface area contributed by atoms with E-state index < -0.39 is 24.1 Å². The molecule has 1 heterocycles. The van der Waals surface area contributed by atoms with Gasteiger partial charge in [-0.1, -0.05) is 0 Å². The minimum absolute atomic E-state index is 0.0574. The lowest BCUT2D eigenvalue weighted by Gasteiger charge is -2.33. The van der Waals surface area contributed by atoms with Gasteiger partial charge in [-0.15, -0.1) is 0 Å². The molecular weight excluding hydrogens is 227 g/mol. The first kappa shape index (κ1) is 12.8. The van der Waals surface area contributed by atoms with Gasteiger partial charge >= 0.3 is 18.1 Å². The van der Waals surface area contributed by atoms with E-state index >= 15 is 0 Å². The van der Waals surface area contributed by atoms with E-state index in [1.54, 1.807) is 0 Å². The van der Waals surface area contributed by atoms with Gasteiger partial charge in [0.2, 0.25) is 0 Å². The number of amides is 1. The Balaban J connectivity index is 2.82. The van der Waals surface area contributed by atoms with Crippen LogP contribution in [0.1, 0.15) is 19.3 Å². The lowest BCUT2D eigenvalue weighted by molar-refractivity contribution is -0.191. The molecule has 0 saturated carbocycles. The summed E-state index contributed by atoms with van der Waals surface area (Å²) in [6.07, 6.45) is -3.64. The molecule has 4 nitrogen and oxygen atoms in total. The van der Waals surface area contributed by atoms with Crippen LogP contribution in [-0.2, 0) is 14.3 Å². The van der Waals surface area contributed by atoms with Crippen molar-refractivity contribution < 1.29 is 27.5 Å². The van der Waals surface area contributed by atoms with Gasteiger partial charge in [0.25, 0.3) is 0 Å². The number of piperidine rings is 1. The van der Waals surface area contributed by atoms with Crippen LogP contribution in [0.2, 0.25) is 0 Å². The summed E-state index contributed by atoms with van der Waals surface area (Å²) in [6.45, 7) is -0.0574. The number of alkyl halides is 3. The van der Waals surface area contributed by atoms with Crippen LogP contribution in [0.4, 0.5) is 13.2 Å². The second-order valence-corrected chi connectivity index (χ2v) is 3.53. The highest BCUT2D eigenvalue weighted by atomic mass is 19.4. The van der Waals surface area contributed by atoms with Crippen molar-refractivity contribution in [1.82, 2.24) is 4.90 Å². The van der Waals surface area contributed by atoms with E-state index in [0.717, 1.165) is 7.11 Å². The van der Waals surface area contributed by atoms with Gasteiger partial charge in [0.1, 0.15) is 6.04 Å². The lowest BCUT2D eigenvalue weighted by atomic mass is 10.0. The number of hydrogen-bond acceptors (Lipinski definition) is 3. The van der Waals surface area contributed by atoms with Crippen LogP contribution < -0.4 is 0 Å². The molecule has 0 aromatic rings. The smallest absolute Gasteiger partial charge is 0.467 e. The average molecular weight is 239 g/mol. The van der Waals surface area contributed by atoms with Crippen LogP contribution in [0, 0.1) is 0 Å². The van der Waals surface area contributed by atoms with Crippen LogP contribution in [-0.4, -0.2) is 42.6 Å². The Hall–Kier alpha value is -1.27. The molecule has 0 spiro atoms. The van der Waals surface area contributed by atoms with Gasteiger partial charge in [0, 0.05) is 6.54 Å². The molecule has 1 amide bonds. The maximum atomic E-state index is 12.2. The molecule has 0 aliphatic carbocycles. The normalized spacial score (nSPS) is 21.8. The summed E-state index contributed by atoms with van der Waals surface area (Å²) in [5, 5.41) is 0. The lowest BCUT2D eigenvalue weighted by Crippen LogP contribution is -2.52. The SMILES string of the molecule is COC(=O)[C@H]1CCCCN1C(=O)C(F)(F)F. The van der Waals surface area contributed by atoms with Crippen molar-refractivity contribution in [3.05, 3.63) is 0 Å². The first-order valence-electron chi connectivity index (χ1n) is 4.83. The maximum Gasteiger partial charge on any atom is 0.471 e. The number of carbonyl (C=O) groups is 2.